The summed E-state index contributed by atoms with van der Waals surface area (Å²) in [5.74, 6) is -0.284. The van der Waals surface area contributed by atoms with E-state index < -0.39 is 5.79 Å². The van der Waals surface area contributed by atoms with E-state index in [0.717, 1.165) is 37.6 Å². The number of hydrogen-bond donors (Lipinski definition) is 2. The molecule has 0 aliphatic carbocycles. The van der Waals surface area contributed by atoms with Gasteiger partial charge in [-0.3, -0.25) is 14.4 Å². The number of nitrogens with zero attached hydrogens (tertiary/aromatic N) is 4. The van der Waals surface area contributed by atoms with Gasteiger partial charge in [0, 0.05) is 61.8 Å². The number of aromatic nitrogens is 2. The Balaban J connectivity index is 0.000000219. The topological polar surface area (TPSA) is 162 Å². The first-order chi connectivity index (χ1) is 30.3. The van der Waals surface area contributed by atoms with Crippen LogP contribution in [0.5, 0.6) is 28.7 Å². The Bertz CT molecular complexity index is 2340. The molecule has 2 atom stereocenters. The van der Waals surface area contributed by atoms with Crippen LogP contribution in [0, 0.1) is 0 Å². The van der Waals surface area contributed by atoms with E-state index in [9.17, 15) is 24.6 Å². The average molecular weight is 900 g/mol. The normalized spacial score (nSPS) is 17.4. The summed E-state index contributed by atoms with van der Waals surface area (Å²) in [6.07, 6.45) is 10.4. The zero-order valence-corrected chi connectivity index (χ0v) is 36.5. The molecule has 16 heteroatoms. The number of aromatic hydroxyl groups is 2. The number of carbonyl (C=O) groups is 3. The van der Waals surface area contributed by atoms with Gasteiger partial charge in [-0.05, 0) is 83.9 Å². The van der Waals surface area contributed by atoms with Gasteiger partial charge in [-0.1, -0.05) is 53.6 Å². The van der Waals surface area contributed by atoms with Crippen molar-refractivity contribution in [2.45, 2.75) is 31.8 Å². The van der Waals surface area contributed by atoms with E-state index in [2.05, 4.69) is 9.88 Å². The van der Waals surface area contributed by atoms with E-state index in [1.54, 1.807) is 68.0 Å². The minimum atomic E-state index is -1.08. The van der Waals surface area contributed by atoms with Gasteiger partial charge in [0.2, 0.25) is 11.7 Å². The summed E-state index contributed by atoms with van der Waals surface area (Å²) in [6.45, 7) is 5.80. The van der Waals surface area contributed by atoms with Gasteiger partial charge in [0.15, 0.2) is 34.6 Å². The molecule has 0 unspecified atom stereocenters. The second kappa shape index (κ2) is 21.7. The van der Waals surface area contributed by atoms with Crippen molar-refractivity contribution in [3.05, 3.63) is 136 Å². The molecule has 3 heterocycles. The molecule has 2 fully saturated rings. The Morgan fingerprint density at radius 3 is 2.00 bits per heavy atom. The largest absolute Gasteiger partial charge is 0.504 e. The third-order valence-corrected chi connectivity index (χ3v) is 10.7. The average Bonchev–Trinajstić information content (AvgIpc) is 3.96. The van der Waals surface area contributed by atoms with Crippen molar-refractivity contribution in [1.82, 2.24) is 14.5 Å². The first-order valence-electron chi connectivity index (χ1n) is 20.0. The number of methoxy groups -OCH3 is 2. The lowest BCUT2D eigenvalue weighted by Crippen LogP contribution is -2.48. The van der Waals surface area contributed by atoms with Crippen molar-refractivity contribution in [2.24, 2.45) is 0 Å². The quantitative estimate of drug-likeness (QED) is 0.0785. The number of allylic oxidation sites excluding steroid dienone is 2. The molecular formula is C47H48Cl2N4O10. The number of amides is 1. The lowest BCUT2D eigenvalue weighted by Gasteiger charge is -2.35. The maximum absolute atomic E-state index is 11.9. The summed E-state index contributed by atoms with van der Waals surface area (Å²) >= 11 is 12.7. The zero-order chi connectivity index (χ0) is 44.9. The predicted octanol–water partition coefficient (Wildman–Crippen LogP) is 7.58. The molecule has 2 saturated heterocycles. The van der Waals surface area contributed by atoms with Gasteiger partial charge in [-0.2, -0.15) is 0 Å². The summed E-state index contributed by atoms with van der Waals surface area (Å²) < 4.78 is 30.6. The number of imidazole rings is 1. The molecule has 14 nitrogen and oxygen atoms in total. The number of ether oxygens (including phenoxy) is 5. The van der Waals surface area contributed by atoms with Crippen LogP contribution in [0.1, 0.15) is 30.0 Å². The maximum Gasteiger partial charge on any atom is 0.219 e. The van der Waals surface area contributed by atoms with Crippen LogP contribution in [0.3, 0.4) is 0 Å². The Labute approximate surface area is 375 Å². The highest BCUT2D eigenvalue weighted by Crippen LogP contribution is 2.41. The Kier molecular flexibility index (Phi) is 15.9. The number of piperazine rings is 1. The number of phenols is 2. The van der Waals surface area contributed by atoms with Crippen molar-refractivity contribution in [1.29, 1.82) is 0 Å². The zero-order valence-electron chi connectivity index (χ0n) is 35.0. The monoisotopic (exact) mass is 898 g/mol. The van der Waals surface area contributed by atoms with Crippen LogP contribution in [-0.2, 0) is 36.2 Å². The summed E-state index contributed by atoms with van der Waals surface area (Å²) in [5, 5.41) is 20.1. The fourth-order valence-electron chi connectivity index (χ4n) is 6.86. The molecule has 5 aromatic rings. The van der Waals surface area contributed by atoms with E-state index in [1.165, 1.54) is 38.5 Å². The van der Waals surface area contributed by atoms with Crippen LogP contribution < -0.4 is 19.1 Å². The molecule has 330 valence electrons. The third kappa shape index (κ3) is 12.6. The number of halogens is 2. The second-order valence-electron chi connectivity index (χ2n) is 14.6. The molecule has 0 bridgehead atoms. The van der Waals surface area contributed by atoms with Crippen LogP contribution in [-0.4, -0.2) is 102 Å². The fourth-order valence-corrected chi connectivity index (χ4v) is 7.41. The van der Waals surface area contributed by atoms with Gasteiger partial charge in [0.1, 0.15) is 18.5 Å². The van der Waals surface area contributed by atoms with E-state index in [4.69, 9.17) is 46.9 Å². The summed E-state index contributed by atoms with van der Waals surface area (Å²) in [5.41, 5.74) is 3.15. The van der Waals surface area contributed by atoms with E-state index in [0.29, 0.717) is 58.0 Å². The van der Waals surface area contributed by atoms with E-state index >= 15 is 0 Å². The molecule has 2 aliphatic heterocycles. The molecular weight excluding hydrogens is 851 g/mol. The SMILES string of the molecule is CC(=O)N1CCN(c2ccc(OC[C@H]3CO[C@](Cn4ccnc4)(c4ccc(Cl)cc4Cl)O3)cc2)CC1.COc1cc(/C=C/C(=O)CC(=O)/C=C/c2ccc(O)c(OC)c2)ccc1O. The van der Waals surface area contributed by atoms with E-state index in [-0.39, 0.29) is 41.5 Å². The fraction of sp³-hybridized carbons (Fsp3) is 0.277. The molecule has 1 aromatic heterocycles. The van der Waals surface area contributed by atoms with Crippen molar-refractivity contribution in [2.75, 3.05) is 58.5 Å². The van der Waals surface area contributed by atoms with Gasteiger partial charge in [0.25, 0.3) is 0 Å². The summed E-state index contributed by atoms with van der Waals surface area (Å²) in [4.78, 5) is 43.7. The second-order valence-corrected chi connectivity index (χ2v) is 15.4. The molecule has 2 aliphatic rings. The molecule has 0 radical (unpaired) electrons. The number of rotatable bonds is 15. The van der Waals surface area contributed by atoms with Gasteiger partial charge in [-0.15, -0.1) is 0 Å². The lowest BCUT2D eigenvalue weighted by molar-refractivity contribution is -0.189. The maximum atomic E-state index is 11.9. The number of phenolic OH excluding ortho intramolecular Hbond substituents is 2. The molecule has 4 aromatic carbocycles. The summed E-state index contributed by atoms with van der Waals surface area (Å²) in [7, 11) is 2.87. The van der Waals surface area contributed by atoms with Crippen molar-refractivity contribution < 1.29 is 48.3 Å². The van der Waals surface area contributed by atoms with Crippen molar-refractivity contribution >= 4 is 58.5 Å². The van der Waals surface area contributed by atoms with Crippen molar-refractivity contribution in [3.8, 4) is 28.7 Å². The standard InChI is InChI=1S/C26H28Cl2N4O4.C21H20O6/c1-19(33)31-10-12-32(13-11-31)21-3-5-22(6-4-21)34-15-23-16-35-26(36-23,17-30-9-8-29-18-30)24-7-2-20(27)14-25(24)28;1-26-20-11-14(5-9-18(20)24)3-7-16(22)13-17(23)8-4-15-6-10-19(25)21(12-15)27-2/h2-9,14,18,23H,10-13,15-17H2,1H3;3-12,24-25H,13H2,1-2H3/b;7-3+,8-4+/t23-,26-;/m0./s1. The minimum absolute atomic E-state index is 0.00662. The predicted molar refractivity (Wildman–Crippen MR) is 240 cm³/mol. The summed E-state index contributed by atoms with van der Waals surface area (Å²) in [6, 6.07) is 22.6. The molecule has 0 spiro atoms. The first kappa shape index (κ1) is 46.2. The number of anilines is 1. The van der Waals surface area contributed by atoms with Gasteiger partial charge >= 0.3 is 0 Å². The smallest absolute Gasteiger partial charge is 0.219 e. The van der Waals surface area contributed by atoms with Crippen LogP contribution in [0.25, 0.3) is 12.2 Å². The highest BCUT2D eigenvalue weighted by Gasteiger charge is 2.45. The third-order valence-electron chi connectivity index (χ3n) is 10.2. The first-order valence-corrected chi connectivity index (χ1v) is 20.7. The van der Waals surface area contributed by atoms with Crippen LogP contribution >= 0.6 is 23.2 Å². The van der Waals surface area contributed by atoms with Gasteiger partial charge in [-0.25, -0.2) is 4.98 Å². The number of benzene rings is 4. The number of ketones is 2. The molecule has 0 saturated carbocycles. The number of carbonyl (C=O) groups excluding carboxylic acids is 3. The van der Waals surface area contributed by atoms with Crippen molar-refractivity contribution in [3.63, 3.8) is 0 Å². The molecule has 2 N–H and O–H groups in total. The van der Waals surface area contributed by atoms with Crippen LogP contribution in [0.2, 0.25) is 10.0 Å². The lowest BCUT2D eigenvalue weighted by atomic mass is 10.1. The van der Waals surface area contributed by atoms with E-state index in [1.807, 2.05) is 46.0 Å². The van der Waals surface area contributed by atoms with Crippen LogP contribution in [0.15, 0.2) is 110 Å². The molecule has 7 rings (SSSR count). The number of hydrogen-bond acceptors (Lipinski definition) is 12. The van der Waals surface area contributed by atoms with Crippen LogP contribution in [0.4, 0.5) is 5.69 Å². The Morgan fingerprint density at radius 2 is 1.46 bits per heavy atom. The van der Waals surface area contributed by atoms with Gasteiger partial charge < -0.3 is 48.3 Å². The highest BCUT2D eigenvalue weighted by molar-refractivity contribution is 6.35. The Hall–Kier alpha value is -6.32. The van der Waals surface area contributed by atoms with Gasteiger partial charge in [0.05, 0.1) is 45.1 Å². The molecule has 1 amide bonds. The molecule has 63 heavy (non-hydrogen) atoms. The highest BCUT2D eigenvalue weighted by atomic mass is 35.5. The Morgan fingerprint density at radius 1 is 0.841 bits per heavy atom. The minimum Gasteiger partial charge on any atom is -0.504 e.